The van der Waals surface area contributed by atoms with Gasteiger partial charge in [0.2, 0.25) is 11.8 Å². The third-order valence-electron chi connectivity index (χ3n) is 3.10. The Labute approximate surface area is 159 Å². The molecular weight excluding hydrogens is 376 g/mol. The van der Waals surface area contributed by atoms with Gasteiger partial charge in [-0.1, -0.05) is 66.9 Å². The molecule has 0 atom stereocenters. The standard InChI is InChI=1S/C16H20N4O2S3/c1-3-11-7-5-6-8-12(11)18-13(21)9-17-14(22)10-24-16-20-19-15(25-16)23-4-2/h5-8H,3-4,9-10H2,1-2H3,(H,17,22)(H,18,21). The average Bonchev–Trinajstić information content (AvgIpc) is 3.06. The minimum Gasteiger partial charge on any atom is -0.346 e. The Balaban J connectivity index is 1.72. The Hall–Kier alpha value is -1.58. The predicted molar refractivity (Wildman–Crippen MR) is 104 cm³/mol. The van der Waals surface area contributed by atoms with Crippen LogP contribution in [0, 0.1) is 0 Å². The third kappa shape index (κ3) is 6.68. The van der Waals surface area contributed by atoms with E-state index in [1.54, 1.807) is 11.8 Å². The van der Waals surface area contributed by atoms with Crippen molar-refractivity contribution < 1.29 is 9.59 Å². The van der Waals surface area contributed by atoms with Crippen molar-refractivity contribution in [2.45, 2.75) is 28.9 Å². The summed E-state index contributed by atoms with van der Waals surface area (Å²) in [7, 11) is 0. The molecule has 0 spiro atoms. The summed E-state index contributed by atoms with van der Waals surface area (Å²) in [6.45, 7) is 4.03. The van der Waals surface area contributed by atoms with Crippen molar-refractivity contribution in [3.63, 3.8) is 0 Å². The molecule has 1 heterocycles. The van der Waals surface area contributed by atoms with Crippen LogP contribution in [0.4, 0.5) is 5.69 Å². The van der Waals surface area contributed by atoms with E-state index in [1.165, 1.54) is 23.1 Å². The molecule has 0 aliphatic carbocycles. The van der Waals surface area contributed by atoms with Gasteiger partial charge in [-0.2, -0.15) is 0 Å². The number of nitrogens with zero attached hydrogens (tertiary/aromatic N) is 2. The van der Waals surface area contributed by atoms with Gasteiger partial charge in [0.05, 0.1) is 12.3 Å². The lowest BCUT2D eigenvalue weighted by Crippen LogP contribution is -2.34. The van der Waals surface area contributed by atoms with E-state index in [0.29, 0.717) is 0 Å². The van der Waals surface area contributed by atoms with Crippen molar-refractivity contribution >= 4 is 52.4 Å². The first-order valence-electron chi connectivity index (χ1n) is 7.86. The number of hydrogen-bond acceptors (Lipinski definition) is 7. The van der Waals surface area contributed by atoms with Crippen molar-refractivity contribution in [3.05, 3.63) is 29.8 Å². The molecule has 2 amide bonds. The van der Waals surface area contributed by atoms with E-state index in [4.69, 9.17) is 0 Å². The molecule has 6 nitrogen and oxygen atoms in total. The second kappa shape index (κ2) is 10.4. The van der Waals surface area contributed by atoms with Crippen molar-refractivity contribution in [2.24, 2.45) is 0 Å². The Bertz CT molecular complexity index is 721. The van der Waals surface area contributed by atoms with Gasteiger partial charge in [0, 0.05) is 5.69 Å². The molecule has 0 unspecified atom stereocenters. The van der Waals surface area contributed by atoms with Crippen LogP contribution in [0.3, 0.4) is 0 Å². The van der Waals surface area contributed by atoms with Crippen LogP contribution in [0.15, 0.2) is 32.9 Å². The first-order chi connectivity index (χ1) is 12.1. The molecule has 134 valence electrons. The van der Waals surface area contributed by atoms with Gasteiger partial charge in [-0.25, -0.2) is 0 Å². The minimum absolute atomic E-state index is 0.0511. The molecular formula is C16H20N4O2S3. The van der Waals surface area contributed by atoms with Gasteiger partial charge in [0.25, 0.3) is 0 Å². The number of carbonyl (C=O) groups excluding carboxylic acids is 2. The lowest BCUT2D eigenvalue weighted by molar-refractivity contribution is -0.122. The molecule has 2 rings (SSSR count). The normalized spacial score (nSPS) is 10.5. The molecule has 1 aromatic carbocycles. The molecule has 0 bridgehead atoms. The predicted octanol–water partition coefficient (Wildman–Crippen LogP) is 3.06. The maximum absolute atomic E-state index is 12.0. The lowest BCUT2D eigenvalue weighted by Gasteiger charge is -2.10. The SMILES string of the molecule is CCSc1nnc(SCC(=O)NCC(=O)Nc2ccccc2CC)s1. The Morgan fingerprint density at radius 2 is 1.80 bits per heavy atom. The maximum atomic E-state index is 12.0. The number of benzene rings is 1. The molecule has 9 heteroatoms. The molecule has 0 fully saturated rings. The molecule has 2 aromatic rings. The van der Waals surface area contributed by atoms with Crippen LogP contribution in [0.2, 0.25) is 0 Å². The summed E-state index contributed by atoms with van der Waals surface area (Å²) in [4.78, 5) is 23.8. The molecule has 0 saturated heterocycles. The van der Waals surface area contributed by atoms with E-state index in [1.807, 2.05) is 31.2 Å². The van der Waals surface area contributed by atoms with Gasteiger partial charge in [-0.3, -0.25) is 9.59 Å². The highest BCUT2D eigenvalue weighted by Gasteiger charge is 2.10. The van der Waals surface area contributed by atoms with E-state index >= 15 is 0 Å². The van der Waals surface area contributed by atoms with E-state index in [9.17, 15) is 9.59 Å². The highest BCUT2D eigenvalue weighted by atomic mass is 32.2. The van der Waals surface area contributed by atoms with Crippen molar-refractivity contribution in [1.29, 1.82) is 0 Å². The maximum Gasteiger partial charge on any atom is 0.243 e. The van der Waals surface area contributed by atoms with Crippen LogP contribution in [-0.4, -0.2) is 40.1 Å². The zero-order valence-corrected chi connectivity index (χ0v) is 16.5. The van der Waals surface area contributed by atoms with Crippen molar-refractivity contribution in [1.82, 2.24) is 15.5 Å². The molecule has 0 radical (unpaired) electrons. The number of amides is 2. The van der Waals surface area contributed by atoms with Crippen LogP contribution in [0.1, 0.15) is 19.4 Å². The zero-order valence-electron chi connectivity index (χ0n) is 14.1. The number of aromatic nitrogens is 2. The fourth-order valence-corrected chi connectivity index (χ4v) is 4.69. The lowest BCUT2D eigenvalue weighted by atomic mass is 10.1. The first kappa shape index (κ1) is 19.7. The van der Waals surface area contributed by atoms with Crippen LogP contribution < -0.4 is 10.6 Å². The number of rotatable bonds is 9. The van der Waals surface area contributed by atoms with Gasteiger partial charge in [0.15, 0.2) is 8.68 Å². The summed E-state index contributed by atoms with van der Waals surface area (Å²) in [6, 6.07) is 7.64. The van der Waals surface area contributed by atoms with Crippen molar-refractivity contribution in [3.8, 4) is 0 Å². The highest BCUT2D eigenvalue weighted by molar-refractivity contribution is 8.03. The van der Waals surface area contributed by atoms with E-state index < -0.39 is 0 Å². The Morgan fingerprint density at radius 1 is 1.08 bits per heavy atom. The molecule has 25 heavy (non-hydrogen) atoms. The Kier molecular flexibility index (Phi) is 8.23. The van der Waals surface area contributed by atoms with Gasteiger partial charge >= 0.3 is 0 Å². The molecule has 1 aromatic heterocycles. The number of carbonyl (C=O) groups is 2. The number of para-hydroxylation sites is 1. The summed E-state index contributed by atoms with van der Waals surface area (Å²) in [5.74, 6) is 0.709. The summed E-state index contributed by atoms with van der Waals surface area (Å²) in [5.41, 5.74) is 1.85. The van der Waals surface area contributed by atoms with E-state index in [0.717, 1.165) is 32.1 Å². The van der Waals surface area contributed by atoms with Crippen LogP contribution in [0.25, 0.3) is 0 Å². The zero-order chi connectivity index (χ0) is 18.1. The van der Waals surface area contributed by atoms with Crippen LogP contribution in [0.5, 0.6) is 0 Å². The quantitative estimate of drug-likeness (QED) is 0.634. The topological polar surface area (TPSA) is 84.0 Å². The molecule has 0 aliphatic heterocycles. The van der Waals surface area contributed by atoms with Gasteiger partial charge in [-0.15, -0.1) is 10.2 Å². The van der Waals surface area contributed by atoms with Crippen molar-refractivity contribution in [2.75, 3.05) is 23.4 Å². The average molecular weight is 397 g/mol. The highest BCUT2D eigenvalue weighted by Crippen LogP contribution is 2.28. The fraction of sp³-hybridized carbons (Fsp3) is 0.375. The molecule has 0 aliphatic rings. The summed E-state index contributed by atoms with van der Waals surface area (Å²) >= 11 is 4.43. The summed E-state index contributed by atoms with van der Waals surface area (Å²) in [5, 5.41) is 13.5. The minimum atomic E-state index is -0.239. The number of thioether (sulfide) groups is 2. The second-order valence-corrected chi connectivity index (χ2v) is 8.60. The summed E-state index contributed by atoms with van der Waals surface area (Å²) in [6.07, 6.45) is 0.833. The van der Waals surface area contributed by atoms with E-state index in [2.05, 4.69) is 27.8 Å². The first-order valence-corrected chi connectivity index (χ1v) is 10.6. The number of hydrogen-bond donors (Lipinski definition) is 2. The Morgan fingerprint density at radius 3 is 2.52 bits per heavy atom. The molecule has 2 N–H and O–H groups in total. The van der Waals surface area contributed by atoms with Gasteiger partial charge in [-0.05, 0) is 23.8 Å². The molecule has 0 saturated carbocycles. The van der Waals surface area contributed by atoms with Crippen LogP contribution >= 0.6 is 34.9 Å². The smallest absolute Gasteiger partial charge is 0.243 e. The fourth-order valence-electron chi connectivity index (χ4n) is 1.94. The second-order valence-electron chi connectivity index (χ2n) is 4.89. The van der Waals surface area contributed by atoms with Gasteiger partial charge in [0.1, 0.15) is 0 Å². The monoisotopic (exact) mass is 396 g/mol. The van der Waals surface area contributed by atoms with Gasteiger partial charge < -0.3 is 10.6 Å². The number of aryl methyl sites for hydroxylation is 1. The largest absolute Gasteiger partial charge is 0.346 e. The number of nitrogens with one attached hydrogen (secondary N) is 2. The summed E-state index contributed by atoms with van der Waals surface area (Å²) < 4.78 is 1.66. The number of anilines is 1. The van der Waals surface area contributed by atoms with Crippen LogP contribution in [-0.2, 0) is 16.0 Å². The van der Waals surface area contributed by atoms with E-state index in [-0.39, 0.29) is 24.1 Å². The third-order valence-corrected chi connectivity index (χ3v) is 6.17.